The van der Waals surface area contributed by atoms with Crippen molar-refractivity contribution in [2.45, 2.75) is 32.4 Å². The Morgan fingerprint density at radius 3 is 2.14 bits per heavy atom. The lowest BCUT2D eigenvalue weighted by molar-refractivity contribution is -0.117. The first-order valence-electron chi connectivity index (χ1n) is 5.28. The second kappa shape index (κ2) is 4.75. The molecule has 3 nitrogen and oxygen atoms in total. The highest BCUT2D eigenvalue weighted by atomic mass is 28.4. The molecule has 0 bridgehead atoms. The van der Waals surface area contributed by atoms with E-state index in [2.05, 4.69) is 13.5 Å². The summed E-state index contributed by atoms with van der Waals surface area (Å²) >= 11 is 0. The van der Waals surface area contributed by atoms with Crippen molar-refractivity contribution in [2.24, 2.45) is 5.41 Å². The molecule has 0 aromatic carbocycles. The van der Waals surface area contributed by atoms with Gasteiger partial charge in [-0.2, -0.15) is 0 Å². The summed E-state index contributed by atoms with van der Waals surface area (Å²) in [5.41, 5.74) is 0.422. The molecule has 0 aromatic rings. The highest BCUT2D eigenvalue weighted by Crippen LogP contribution is 2.38. The van der Waals surface area contributed by atoms with Crippen LogP contribution in [0.5, 0.6) is 0 Å². The Kier molecular flexibility index (Phi) is 4.12. The van der Waals surface area contributed by atoms with E-state index in [9.17, 15) is 0 Å². The molecule has 0 radical (unpaired) electrons. The molecule has 0 atom stereocenters. The molecule has 0 aliphatic carbocycles. The second-order valence-corrected chi connectivity index (χ2v) is 7.97. The van der Waals surface area contributed by atoms with Crippen LogP contribution in [0.15, 0.2) is 0 Å². The average Bonchev–Trinajstić information content (AvgIpc) is 2.16. The second-order valence-electron chi connectivity index (χ2n) is 4.39. The fraction of sp³-hybridized carbons (Fsp3) is 1.00. The molecule has 1 rings (SSSR count). The molecule has 0 aromatic heterocycles. The molecule has 0 saturated carbocycles. The number of hydrogen-bond donors (Lipinski definition) is 0. The van der Waals surface area contributed by atoms with E-state index in [1.54, 1.807) is 14.2 Å². The minimum Gasteiger partial charge on any atom is -0.398 e. The van der Waals surface area contributed by atoms with E-state index in [-0.39, 0.29) is 0 Å². The summed E-state index contributed by atoms with van der Waals surface area (Å²) in [6, 6.07) is 1.07. The summed E-state index contributed by atoms with van der Waals surface area (Å²) in [4.78, 5) is 0. The maximum Gasteiger partial charge on any atom is 0.334 e. The van der Waals surface area contributed by atoms with Gasteiger partial charge in [0, 0.05) is 19.6 Å². The third-order valence-corrected chi connectivity index (χ3v) is 6.42. The number of hydrogen-bond acceptors (Lipinski definition) is 3. The van der Waals surface area contributed by atoms with Crippen LogP contribution in [0, 0.1) is 5.41 Å². The summed E-state index contributed by atoms with van der Waals surface area (Å²) < 4.78 is 16.2. The zero-order valence-electron chi connectivity index (χ0n) is 9.76. The zero-order valence-corrected chi connectivity index (χ0v) is 10.8. The van der Waals surface area contributed by atoms with Gasteiger partial charge in [0.05, 0.1) is 13.2 Å². The van der Waals surface area contributed by atoms with Gasteiger partial charge in [-0.25, -0.2) is 0 Å². The zero-order chi connectivity index (χ0) is 10.7. The Balaban J connectivity index is 2.37. The van der Waals surface area contributed by atoms with Crippen molar-refractivity contribution >= 4 is 8.56 Å². The van der Waals surface area contributed by atoms with E-state index >= 15 is 0 Å². The van der Waals surface area contributed by atoms with Crippen molar-refractivity contribution in [3.63, 3.8) is 0 Å². The van der Waals surface area contributed by atoms with Crippen LogP contribution >= 0.6 is 0 Å². The van der Waals surface area contributed by atoms with E-state index in [0.717, 1.165) is 19.3 Å². The lowest BCUT2D eigenvalue weighted by atomic mass is 9.81. The van der Waals surface area contributed by atoms with Crippen LogP contribution in [-0.2, 0) is 13.6 Å². The topological polar surface area (TPSA) is 27.7 Å². The van der Waals surface area contributed by atoms with Crippen molar-refractivity contribution < 1.29 is 13.6 Å². The summed E-state index contributed by atoms with van der Waals surface area (Å²) in [5.74, 6) is 0. The molecule has 0 amide bonds. The highest BCUT2D eigenvalue weighted by Gasteiger charge is 2.40. The van der Waals surface area contributed by atoms with E-state index in [1.807, 2.05) is 0 Å². The molecular weight excluding hydrogens is 196 g/mol. The van der Waals surface area contributed by atoms with Gasteiger partial charge in [-0.05, 0) is 25.4 Å². The summed E-state index contributed by atoms with van der Waals surface area (Å²) in [6.07, 6.45) is 2.37. The first-order chi connectivity index (χ1) is 6.60. The van der Waals surface area contributed by atoms with Crippen molar-refractivity contribution in [1.82, 2.24) is 0 Å². The Labute approximate surface area is 88.0 Å². The van der Waals surface area contributed by atoms with Crippen molar-refractivity contribution in [2.75, 3.05) is 27.4 Å². The van der Waals surface area contributed by atoms with Gasteiger partial charge in [-0.3, -0.25) is 0 Å². The summed E-state index contributed by atoms with van der Waals surface area (Å²) in [5, 5.41) is 0. The smallest absolute Gasteiger partial charge is 0.334 e. The van der Waals surface area contributed by atoms with Gasteiger partial charge in [0.1, 0.15) is 0 Å². The molecule has 84 valence electrons. The first kappa shape index (κ1) is 12.2. The number of ether oxygens (including phenoxy) is 1. The van der Waals surface area contributed by atoms with Crippen LogP contribution in [0.3, 0.4) is 0 Å². The standard InChI is InChI=1S/C10H22O3Si/c1-5-10(8-13-9-10)6-7-14(4,11-2)12-3/h5-9H2,1-4H3. The molecule has 1 aliphatic rings. The van der Waals surface area contributed by atoms with Crippen LogP contribution in [0.4, 0.5) is 0 Å². The van der Waals surface area contributed by atoms with Crippen molar-refractivity contribution in [3.05, 3.63) is 0 Å². The molecule has 0 unspecified atom stereocenters. The van der Waals surface area contributed by atoms with Crippen molar-refractivity contribution in [1.29, 1.82) is 0 Å². The minimum atomic E-state index is -1.86. The van der Waals surface area contributed by atoms with Gasteiger partial charge in [0.15, 0.2) is 0 Å². The summed E-state index contributed by atoms with van der Waals surface area (Å²) in [6.45, 7) is 6.19. The third-order valence-electron chi connectivity index (χ3n) is 3.54. The lowest BCUT2D eigenvalue weighted by Crippen LogP contribution is -2.45. The molecule has 1 fully saturated rings. The number of rotatable bonds is 6. The SMILES string of the molecule is CCC1(CC[Si](C)(OC)OC)COC1. The quantitative estimate of drug-likeness (QED) is 0.640. The van der Waals surface area contributed by atoms with Gasteiger partial charge in [0.2, 0.25) is 0 Å². The van der Waals surface area contributed by atoms with E-state index < -0.39 is 8.56 Å². The van der Waals surface area contributed by atoms with Gasteiger partial charge in [0.25, 0.3) is 0 Å². The van der Waals surface area contributed by atoms with Crippen LogP contribution in [0.25, 0.3) is 0 Å². The predicted octanol–water partition coefficient (Wildman–Crippen LogP) is 2.17. The van der Waals surface area contributed by atoms with Gasteiger partial charge in [-0.15, -0.1) is 0 Å². The van der Waals surface area contributed by atoms with Crippen LogP contribution in [0.1, 0.15) is 19.8 Å². The third kappa shape index (κ3) is 2.57. The monoisotopic (exact) mass is 218 g/mol. The normalized spacial score (nSPS) is 20.6. The first-order valence-corrected chi connectivity index (χ1v) is 7.80. The largest absolute Gasteiger partial charge is 0.398 e. The lowest BCUT2D eigenvalue weighted by Gasteiger charge is -2.42. The van der Waals surface area contributed by atoms with E-state index in [1.165, 1.54) is 12.8 Å². The Morgan fingerprint density at radius 1 is 1.29 bits per heavy atom. The molecule has 1 saturated heterocycles. The Morgan fingerprint density at radius 2 is 1.86 bits per heavy atom. The molecule has 14 heavy (non-hydrogen) atoms. The minimum absolute atomic E-state index is 0.422. The molecule has 1 heterocycles. The fourth-order valence-electron chi connectivity index (χ4n) is 1.70. The molecule has 1 aliphatic heterocycles. The van der Waals surface area contributed by atoms with Gasteiger partial charge >= 0.3 is 8.56 Å². The van der Waals surface area contributed by atoms with Crippen LogP contribution in [0.2, 0.25) is 12.6 Å². The Hall–Kier alpha value is 0.0969. The van der Waals surface area contributed by atoms with Gasteiger partial charge < -0.3 is 13.6 Å². The molecule has 4 heteroatoms. The maximum absolute atomic E-state index is 5.47. The van der Waals surface area contributed by atoms with Crippen LogP contribution in [-0.4, -0.2) is 36.0 Å². The molecule has 0 N–H and O–H groups in total. The van der Waals surface area contributed by atoms with Crippen molar-refractivity contribution in [3.8, 4) is 0 Å². The predicted molar refractivity (Wildman–Crippen MR) is 58.6 cm³/mol. The highest BCUT2D eigenvalue weighted by molar-refractivity contribution is 6.65. The maximum atomic E-state index is 5.47. The van der Waals surface area contributed by atoms with Crippen LogP contribution < -0.4 is 0 Å². The molecule has 0 spiro atoms. The van der Waals surface area contributed by atoms with E-state index in [4.69, 9.17) is 13.6 Å². The fourth-order valence-corrected chi connectivity index (χ4v) is 3.26. The molecular formula is C10H22O3Si. The Bertz CT molecular complexity index is 158. The van der Waals surface area contributed by atoms with Gasteiger partial charge in [-0.1, -0.05) is 6.92 Å². The average molecular weight is 218 g/mol. The van der Waals surface area contributed by atoms with E-state index in [0.29, 0.717) is 5.41 Å². The summed E-state index contributed by atoms with van der Waals surface area (Å²) in [7, 11) is 1.65.